The highest BCUT2D eigenvalue weighted by Crippen LogP contribution is 2.25. The van der Waals surface area contributed by atoms with Gasteiger partial charge in [0.15, 0.2) is 15.7 Å². The number of sulfone groups is 1. The van der Waals surface area contributed by atoms with Gasteiger partial charge in [0.1, 0.15) is 5.25 Å². The Kier molecular flexibility index (Phi) is 5.69. The molecule has 0 saturated carbocycles. The molecule has 2 rings (SSSR count). The van der Waals surface area contributed by atoms with E-state index < -0.39 is 15.1 Å². The fourth-order valence-electron chi connectivity index (χ4n) is 1.93. The van der Waals surface area contributed by atoms with Gasteiger partial charge in [-0.25, -0.2) is 13.4 Å². The van der Waals surface area contributed by atoms with Crippen molar-refractivity contribution in [3.8, 4) is 0 Å². The molecule has 8 heteroatoms. The zero-order chi connectivity index (χ0) is 16.2. The van der Waals surface area contributed by atoms with Crippen LogP contribution in [0.2, 0.25) is 0 Å². The van der Waals surface area contributed by atoms with Crippen molar-refractivity contribution in [3.63, 3.8) is 0 Å². The predicted molar refractivity (Wildman–Crippen MR) is 85.4 cm³/mol. The quantitative estimate of drug-likeness (QED) is 0.732. The molecule has 22 heavy (non-hydrogen) atoms. The average molecular weight is 343 g/mol. The first kappa shape index (κ1) is 17.1. The van der Waals surface area contributed by atoms with Gasteiger partial charge in [-0.1, -0.05) is 25.4 Å². The molecular weight excluding hydrogens is 322 g/mol. The predicted octanol–water partition coefficient (Wildman–Crippen LogP) is 3.11. The van der Waals surface area contributed by atoms with Crippen LogP contribution in [-0.2, 0) is 28.4 Å². The molecule has 1 unspecified atom stereocenters. The van der Waals surface area contributed by atoms with E-state index in [1.54, 1.807) is 12.3 Å². The normalized spacial score (nSPS) is 13.4. The Bertz CT molecular complexity index is 706. The summed E-state index contributed by atoms with van der Waals surface area (Å²) >= 11 is 1.48. The van der Waals surface area contributed by atoms with Crippen LogP contribution < -0.4 is 0 Å². The molecule has 2 aromatic rings. The van der Waals surface area contributed by atoms with Gasteiger partial charge in [-0.05, 0) is 19.8 Å². The second-order valence-corrected chi connectivity index (χ2v) is 8.45. The first-order valence-corrected chi connectivity index (χ1v) is 10.0. The fraction of sp³-hybridized carbons (Fsp3) is 0.643. The van der Waals surface area contributed by atoms with E-state index in [2.05, 4.69) is 22.0 Å². The van der Waals surface area contributed by atoms with Crippen LogP contribution in [0.25, 0.3) is 0 Å². The maximum Gasteiger partial charge on any atom is 0.244 e. The first-order chi connectivity index (χ1) is 10.5. The first-order valence-electron chi connectivity index (χ1n) is 7.43. The lowest BCUT2D eigenvalue weighted by Crippen LogP contribution is -2.13. The number of hydrogen-bond donors (Lipinski definition) is 0. The molecule has 2 aromatic heterocycles. The molecule has 0 fully saturated rings. The third-order valence-corrected chi connectivity index (χ3v) is 6.39. The van der Waals surface area contributed by atoms with Gasteiger partial charge in [0.25, 0.3) is 0 Å². The van der Waals surface area contributed by atoms with Gasteiger partial charge in [-0.15, -0.1) is 11.3 Å². The molecule has 0 spiro atoms. The van der Waals surface area contributed by atoms with Crippen molar-refractivity contribution < 1.29 is 12.9 Å². The van der Waals surface area contributed by atoms with E-state index in [1.807, 2.05) is 6.92 Å². The SMILES string of the molecule is CCCCc1noc(C(C)S(=O)(=O)Cc2csc(CC)n2)n1. The van der Waals surface area contributed by atoms with Gasteiger partial charge < -0.3 is 4.52 Å². The smallest absolute Gasteiger partial charge is 0.244 e. The molecule has 0 saturated heterocycles. The van der Waals surface area contributed by atoms with Crippen molar-refractivity contribution in [1.82, 2.24) is 15.1 Å². The number of rotatable bonds is 8. The van der Waals surface area contributed by atoms with Gasteiger partial charge in [-0.2, -0.15) is 4.98 Å². The summed E-state index contributed by atoms with van der Waals surface area (Å²) in [5.74, 6) is 0.634. The Morgan fingerprint density at radius 3 is 2.73 bits per heavy atom. The summed E-state index contributed by atoms with van der Waals surface area (Å²) in [5, 5.41) is 5.77. The maximum absolute atomic E-state index is 12.5. The minimum atomic E-state index is -3.42. The second-order valence-electron chi connectivity index (χ2n) is 5.19. The molecule has 0 bridgehead atoms. The number of thiazole rings is 1. The van der Waals surface area contributed by atoms with Gasteiger partial charge in [0, 0.05) is 11.8 Å². The van der Waals surface area contributed by atoms with Crippen LogP contribution in [0.4, 0.5) is 0 Å². The topological polar surface area (TPSA) is 86.0 Å². The van der Waals surface area contributed by atoms with E-state index in [4.69, 9.17) is 4.52 Å². The second kappa shape index (κ2) is 7.32. The summed E-state index contributed by atoms with van der Waals surface area (Å²) in [5.41, 5.74) is 0.583. The standard InChI is InChI=1S/C14H21N3O3S2/c1-4-6-7-12-16-14(20-17-12)10(3)22(18,19)9-11-8-21-13(5-2)15-11/h8,10H,4-7,9H2,1-3H3. The zero-order valence-electron chi connectivity index (χ0n) is 13.1. The molecule has 0 amide bonds. The van der Waals surface area contributed by atoms with Crippen LogP contribution in [0.1, 0.15) is 61.3 Å². The molecule has 0 aliphatic carbocycles. The summed E-state index contributed by atoms with van der Waals surface area (Å²) in [6.45, 7) is 5.65. The van der Waals surface area contributed by atoms with Crippen molar-refractivity contribution in [2.45, 2.75) is 57.5 Å². The van der Waals surface area contributed by atoms with Crippen LogP contribution >= 0.6 is 11.3 Å². The van der Waals surface area contributed by atoms with E-state index in [0.717, 1.165) is 24.3 Å². The highest BCUT2D eigenvalue weighted by Gasteiger charge is 2.29. The number of aromatic nitrogens is 3. The van der Waals surface area contributed by atoms with Crippen molar-refractivity contribution in [1.29, 1.82) is 0 Å². The van der Waals surface area contributed by atoms with Crippen LogP contribution in [-0.4, -0.2) is 23.5 Å². The number of nitrogens with zero attached hydrogens (tertiary/aromatic N) is 3. The molecule has 2 heterocycles. The third kappa shape index (κ3) is 4.13. The average Bonchev–Trinajstić information content (AvgIpc) is 3.12. The largest absolute Gasteiger partial charge is 0.338 e. The fourth-order valence-corrected chi connectivity index (χ4v) is 3.99. The number of hydrogen-bond acceptors (Lipinski definition) is 7. The van der Waals surface area contributed by atoms with Gasteiger partial charge in [0.05, 0.1) is 16.5 Å². The van der Waals surface area contributed by atoms with E-state index in [-0.39, 0.29) is 11.6 Å². The van der Waals surface area contributed by atoms with Gasteiger partial charge in [-0.3, -0.25) is 0 Å². The van der Waals surface area contributed by atoms with E-state index in [1.165, 1.54) is 11.3 Å². The molecule has 0 aliphatic heterocycles. The van der Waals surface area contributed by atoms with E-state index in [0.29, 0.717) is 17.9 Å². The maximum atomic E-state index is 12.5. The minimum absolute atomic E-state index is 0.0999. The lowest BCUT2D eigenvalue weighted by atomic mass is 10.2. The monoisotopic (exact) mass is 343 g/mol. The molecule has 0 radical (unpaired) electrons. The molecule has 0 N–H and O–H groups in total. The Labute approximate surface area is 134 Å². The molecule has 122 valence electrons. The molecule has 0 aliphatic rings. The lowest BCUT2D eigenvalue weighted by Gasteiger charge is -2.07. The highest BCUT2D eigenvalue weighted by molar-refractivity contribution is 7.90. The van der Waals surface area contributed by atoms with Crippen molar-refractivity contribution in [2.75, 3.05) is 0 Å². The Hall–Kier alpha value is -1.28. The number of unbranched alkanes of at least 4 members (excludes halogenated alkanes) is 1. The zero-order valence-corrected chi connectivity index (χ0v) is 14.7. The lowest BCUT2D eigenvalue weighted by molar-refractivity contribution is 0.370. The summed E-state index contributed by atoms with van der Waals surface area (Å²) in [6.07, 6.45) is 3.50. The highest BCUT2D eigenvalue weighted by atomic mass is 32.2. The summed E-state index contributed by atoms with van der Waals surface area (Å²) in [4.78, 5) is 8.51. The molecule has 1 atom stereocenters. The Balaban J connectivity index is 2.09. The number of aryl methyl sites for hydroxylation is 2. The Morgan fingerprint density at radius 2 is 2.09 bits per heavy atom. The summed E-state index contributed by atoms with van der Waals surface area (Å²) in [7, 11) is -3.42. The minimum Gasteiger partial charge on any atom is -0.338 e. The van der Waals surface area contributed by atoms with Gasteiger partial charge >= 0.3 is 0 Å². The van der Waals surface area contributed by atoms with E-state index >= 15 is 0 Å². The molecule has 6 nitrogen and oxygen atoms in total. The third-order valence-electron chi connectivity index (χ3n) is 3.38. The van der Waals surface area contributed by atoms with Crippen LogP contribution in [0, 0.1) is 0 Å². The van der Waals surface area contributed by atoms with Gasteiger partial charge in [0.2, 0.25) is 5.89 Å². The van der Waals surface area contributed by atoms with Crippen LogP contribution in [0.5, 0.6) is 0 Å². The van der Waals surface area contributed by atoms with Crippen molar-refractivity contribution in [3.05, 3.63) is 27.8 Å². The summed E-state index contributed by atoms with van der Waals surface area (Å²) < 4.78 is 30.0. The Morgan fingerprint density at radius 1 is 1.32 bits per heavy atom. The van der Waals surface area contributed by atoms with Crippen molar-refractivity contribution >= 4 is 21.2 Å². The van der Waals surface area contributed by atoms with Crippen LogP contribution in [0.15, 0.2) is 9.90 Å². The van der Waals surface area contributed by atoms with E-state index in [9.17, 15) is 8.42 Å². The van der Waals surface area contributed by atoms with Crippen molar-refractivity contribution in [2.24, 2.45) is 0 Å². The van der Waals surface area contributed by atoms with Crippen LogP contribution in [0.3, 0.4) is 0 Å². The molecular formula is C14H21N3O3S2. The molecule has 0 aromatic carbocycles. The summed E-state index contributed by atoms with van der Waals surface area (Å²) in [6, 6.07) is 0.